The van der Waals surface area contributed by atoms with Gasteiger partial charge in [0.2, 0.25) is 5.88 Å². The number of rotatable bonds is 4. The van der Waals surface area contributed by atoms with Crippen LogP contribution in [-0.4, -0.2) is 60.3 Å². The summed E-state index contributed by atoms with van der Waals surface area (Å²) in [6.45, 7) is 1.94. The standard InChI is InChI=1S/C15H20ClF3N4O2.HI/c1-20-14(23-5-2-11(24)3-6-23)21-4-7-25-13-12(16)8-10(9-22-13)15(17,18)19;/h8-9,11,24H,2-7H2,1H3,(H,20,21);1H. The van der Waals surface area contributed by atoms with Crippen LogP contribution in [0.4, 0.5) is 13.2 Å². The minimum Gasteiger partial charge on any atom is -0.475 e. The van der Waals surface area contributed by atoms with Gasteiger partial charge < -0.3 is 20.1 Å². The topological polar surface area (TPSA) is 70.0 Å². The smallest absolute Gasteiger partial charge is 0.417 e. The van der Waals surface area contributed by atoms with Gasteiger partial charge >= 0.3 is 6.18 Å². The number of nitrogens with zero attached hydrogens (tertiary/aromatic N) is 3. The summed E-state index contributed by atoms with van der Waals surface area (Å²) in [6, 6.07) is 0.787. The van der Waals surface area contributed by atoms with Gasteiger partial charge in [0.25, 0.3) is 0 Å². The van der Waals surface area contributed by atoms with Crippen LogP contribution in [0.25, 0.3) is 0 Å². The zero-order valence-corrected chi connectivity index (χ0v) is 17.2. The molecule has 0 aromatic carbocycles. The highest BCUT2D eigenvalue weighted by molar-refractivity contribution is 14.0. The first kappa shape index (κ1) is 23.0. The van der Waals surface area contributed by atoms with E-state index in [1.165, 1.54) is 0 Å². The summed E-state index contributed by atoms with van der Waals surface area (Å²) in [5, 5.41) is 12.4. The number of guanidine groups is 1. The normalized spacial score (nSPS) is 16.2. The predicted octanol–water partition coefficient (Wildman–Crippen LogP) is 2.78. The van der Waals surface area contributed by atoms with Gasteiger partial charge in [-0.3, -0.25) is 4.99 Å². The molecule has 0 radical (unpaired) electrons. The molecule has 1 saturated heterocycles. The van der Waals surface area contributed by atoms with E-state index in [9.17, 15) is 18.3 Å². The molecule has 2 heterocycles. The Kier molecular flexibility index (Phi) is 9.17. The first-order chi connectivity index (χ1) is 11.8. The number of aliphatic hydroxyl groups is 1. The molecular weight excluding hydrogens is 488 g/mol. The monoisotopic (exact) mass is 508 g/mol. The molecule has 0 aliphatic carbocycles. The van der Waals surface area contributed by atoms with Crippen molar-refractivity contribution in [2.45, 2.75) is 25.1 Å². The second-order valence-corrected chi connectivity index (χ2v) is 5.96. The highest BCUT2D eigenvalue weighted by atomic mass is 127. The largest absolute Gasteiger partial charge is 0.475 e. The Balaban J connectivity index is 0.00000338. The molecule has 11 heteroatoms. The summed E-state index contributed by atoms with van der Waals surface area (Å²) < 4.78 is 43.0. The lowest BCUT2D eigenvalue weighted by Gasteiger charge is -2.32. The summed E-state index contributed by atoms with van der Waals surface area (Å²) in [7, 11) is 1.66. The number of aliphatic hydroxyl groups excluding tert-OH is 1. The second-order valence-electron chi connectivity index (χ2n) is 5.55. The van der Waals surface area contributed by atoms with Crippen molar-refractivity contribution in [1.82, 2.24) is 15.2 Å². The van der Waals surface area contributed by atoms with Crippen molar-refractivity contribution in [3.05, 3.63) is 22.8 Å². The lowest BCUT2D eigenvalue weighted by Crippen LogP contribution is -2.47. The van der Waals surface area contributed by atoms with Gasteiger partial charge in [-0.2, -0.15) is 13.2 Å². The van der Waals surface area contributed by atoms with Crippen molar-refractivity contribution >= 4 is 41.5 Å². The lowest BCUT2D eigenvalue weighted by molar-refractivity contribution is -0.137. The summed E-state index contributed by atoms with van der Waals surface area (Å²) in [5.41, 5.74) is -0.921. The molecule has 0 spiro atoms. The fraction of sp³-hybridized carbons (Fsp3) is 0.600. The van der Waals surface area contributed by atoms with Gasteiger partial charge in [-0.25, -0.2) is 4.98 Å². The van der Waals surface area contributed by atoms with E-state index in [-0.39, 0.29) is 47.6 Å². The number of hydrogen-bond donors (Lipinski definition) is 2. The van der Waals surface area contributed by atoms with Crippen molar-refractivity contribution in [3.8, 4) is 5.88 Å². The number of alkyl halides is 3. The number of likely N-dealkylation sites (tertiary alicyclic amines) is 1. The molecule has 1 aromatic heterocycles. The number of piperidine rings is 1. The van der Waals surface area contributed by atoms with Crippen LogP contribution in [0, 0.1) is 0 Å². The summed E-state index contributed by atoms with van der Waals surface area (Å²) in [6.07, 6.45) is -2.71. The third-order valence-corrected chi connectivity index (χ3v) is 4.01. The quantitative estimate of drug-likeness (QED) is 0.283. The Morgan fingerprint density at radius 3 is 2.65 bits per heavy atom. The van der Waals surface area contributed by atoms with Crippen molar-refractivity contribution < 1.29 is 23.0 Å². The van der Waals surface area contributed by atoms with E-state index in [0.29, 0.717) is 44.6 Å². The summed E-state index contributed by atoms with van der Waals surface area (Å²) >= 11 is 5.78. The van der Waals surface area contributed by atoms with E-state index in [2.05, 4.69) is 15.3 Å². The van der Waals surface area contributed by atoms with E-state index in [4.69, 9.17) is 16.3 Å². The molecule has 0 bridgehead atoms. The van der Waals surface area contributed by atoms with Crippen molar-refractivity contribution in [2.75, 3.05) is 33.3 Å². The molecule has 0 atom stereocenters. The van der Waals surface area contributed by atoms with Crippen LogP contribution in [0.1, 0.15) is 18.4 Å². The number of hydrogen-bond acceptors (Lipinski definition) is 4. The molecule has 1 aliphatic heterocycles. The Morgan fingerprint density at radius 1 is 1.46 bits per heavy atom. The third-order valence-electron chi connectivity index (χ3n) is 3.73. The molecular formula is C15H21ClF3IN4O2. The molecule has 0 unspecified atom stereocenters. The van der Waals surface area contributed by atoms with Crippen LogP contribution in [0.15, 0.2) is 17.3 Å². The number of ether oxygens (including phenoxy) is 1. The number of aromatic nitrogens is 1. The fourth-order valence-electron chi connectivity index (χ4n) is 2.41. The zero-order valence-electron chi connectivity index (χ0n) is 14.1. The second kappa shape index (κ2) is 10.4. The number of aliphatic imine (C=N–C) groups is 1. The van der Waals surface area contributed by atoms with E-state index < -0.39 is 11.7 Å². The molecule has 26 heavy (non-hydrogen) atoms. The number of halogens is 5. The SMILES string of the molecule is CN=C(NCCOc1ncc(C(F)(F)F)cc1Cl)N1CCC(O)CC1.I. The van der Waals surface area contributed by atoms with Crippen LogP contribution in [-0.2, 0) is 6.18 Å². The van der Waals surface area contributed by atoms with Crippen molar-refractivity contribution in [3.63, 3.8) is 0 Å². The van der Waals surface area contributed by atoms with Gasteiger partial charge in [-0.1, -0.05) is 11.6 Å². The van der Waals surface area contributed by atoms with Crippen LogP contribution in [0.3, 0.4) is 0 Å². The molecule has 0 saturated carbocycles. The molecule has 1 fully saturated rings. The maximum atomic E-state index is 12.6. The molecule has 1 aliphatic rings. The average molecular weight is 509 g/mol. The average Bonchev–Trinajstić information content (AvgIpc) is 2.56. The first-order valence-corrected chi connectivity index (χ1v) is 8.18. The molecule has 2 N–H and O–H groups in total. The van der Waals surface area contributed by atoms with E-state index >= 15 is 0 Å². The van der Waals surface area contributed by atoms with Gasteiger partial charge in [0, 0.05) is 26.3 Å². The highest BCUT2D eigenvalue weighted by Crippen LogP contribution is 2.32. The summed E-state index contributed by atoms with van der Waals surface area (Å²) in [4.78, 5) is 9.80. The van der Waals surface area contributed by atoms with Gasteiger partial charge in [0.15, 0.2) is 5.96 Å². The minimum atomic E-state index is -4.49. The number of nitrogens with one attached hydrogen (secondary N) is 1. The maximum Gasteiger partial charge on any atom is 0.417 e. The number of pyridine rings is 1. The Morgan fingerprint density at radius 2 is 2.12 bits per heavy atom. The maximum absolute atomic E-state index is 12.6. The predicted molar refractivity (Wildman–Crippen MR) is 103 cm³/mol. The van der Waals surface area contributed by atoms with E-state index in [1.807, 2.05) is 4.90 Å². The van der Waals surface area contributed by atoms with Gasteiger partial charge in [0.05, 0.1) is 18.2 Å². The van der Waals surface area contributed by atoms with Gasteiger partial charge in [-0.05, 0) is 18.9 Å². The van der Waals surface area contributed by atoms with E-state index in [1.54, 1.807) is 7.05 Å². The molecule has 1 aromatic rings. The Hall–Kier alpha value is -1.01. The van der Waals surface area contributed by atoms with Crippen LogP contribution in [0.2, 0.25) is 5.02 Å². The Bertz CT molecular complexity index is 611. The molecule has 148 valence electrons. The molecule has 0 amide bonds. The van der Waals surface area contributed by atoms with Gasteiger partial charge in [-0.15, -0.1) is 24.0 Å². The van der Waals surface area contributed by atoms with Crippen LogP contribution >= 0.6 is 35.6 Å². The minimum absolute atomic E-state index is 0. The van der Waals surface area contributed by atoms with Crippen molar-refractivity contribution in [1.29, 1.82) is 0 Å². The summed E-state index contributed by atoms with van der Waals surface area (Å²) in [5.74, 6) is 0.634. The first-order valence-electron chi connectivity index (χ1n) is 7.80. The zero-order chi connectivity index (χ0) is 18.4. The highest BCUT2D eigenvalue weighted by Gasteiger charge is 2.31. The van der Waals surface area contributed by atoms with Crippen LogP contribution in [0.5, 0.6) is 5.88 Å². The fourth-order valence-corrected chi connectivity index (χ4v) is 2.63. The molecule has 2 rings (SSSR count). The van der Waals surface area contributed by atoms with E-state index in [0.717, 1.165) is 6.07 Å². The lowest BCUT2D eigenvalue weighted by atomic mass is 10.1. The molecule has 6 nitrogen and oxygen atoms in total. The van der Waals surface area contributed by atoms with Crippen LogP contribution < -0.4 is 10.1 Å². The third kappa shape index (κ3) is 6.62. The van der Waals surface area contributed by atoms with Gasteiger partial charge in [0.1, 0.15) is 11.6 Å². The van der Waals surface area contributed by atoms with Crippen molar-refractivity contribution in [2.24, 2.45) is 4.99 Å². The Labute approximate surface area is 171 Å².